The van der Waals surface area contributed by atoms with Gasteiger partial charge in [0, 0.05) is 43.9 Å². The summed E-state index contributed by atoms with van der Waals surface area (Å²) in [6.45, 7) is 1.89. The second-order valence-corrected chi connectivity index (χ2v) is 6.11. The van der Waals surface area contributed by atoms with Crippen LogP contribution in [-0.2, 0) is 7.05 Å². The maximum atomic E-state index is 12.3. The van der Waals surface area contributed by atoms with Crippen molar-refractivity contribution in [2.24, 2.45) is 7.05 Å². The van der Waals surface area contributed by atoms with E-state index in [0.29, 0.717) is 42.7 Å². The maximum absolute atomic E-state index is 12.3. The highest BCUT2D eigenvalue weighted by molar-refractivity contribution is 6.30. The molecule has 1 aromatic carbocycles. The molecule has 0 radical (unpaired) electrons. The van der Waals surface area contributed by atoms with Gasteiger partial charge in [0.05, 0.1) is 0 Å². The van der Waals surface area contributed by atoms with Gasteiger partial charge in [-0.1, -0.05) is 17.7 Å². The van der Waals surface area contributed by atoms with Gasteiger partial charge in [-0.05, 0) is 28.1 Å². The molecule has 2 aromatic rings. The van der Waals surface area contributed by atoms with E-state index in [1.807, 2.05) is 4.90 Å². The minimum absolute atomic E-state index is 0.167. The number of nitrogens with one attached hydrogen (secondary N) is 1. The van der Waals surface area contributed by atoms with E-state index in [-0.39, 0.29) is 11.8 Å². The molecule has 25 heavy (non-hydrogen) atoms. The highest BCUT2D eigenvalue weighted by Crippen LogP contribution is 2.26. The molecule has 1 N–H and O–H groups in total. The summed E-state index contributed by atoms with van der Waals surface area (Å²) in [5.74, 6) is 0.291. The molecule has 3 rings (SSSR count). The third-order valence-corrected chi connectivity index (χ3v) is 4.24. The number of aryl methyl sites for hydroxylation is 1. The summed E-state index contributed by atoms with van der Waals surface area (Å²) in [6.07, 6.45) is 1.42. The van der Waals surface area contributed by atoms with Crippen molar-refractivity contribution in [1.29, 1.82) is 0 Å². The van der Waals surface area contributed by atoms with Crippen LogP contribution in [0, 0.1) is 10.1 Å². The first-order chi connectivity index (χ1) is 12.0. The number of benzene rings is 1. The summed E-state index contributed by atoms with van der Waals surface area (Å²) in [6, 6.07) is 6.71. The first-order valence-corrected chi connectivity index (χ1v) is 8.05. The van der Waals surface area contributed by atoms with Crippen LogP contribution < -0.4 is 10.2 Å². The number of hydrogen-bond donors (Lipinski definition) is 1. The Hall–Kier alpha value is -2.81. The number of nitrogens with zero attached hydrogens (tertiary/aromatic N) is 5. The number of halogens is 1. The van der Waals surface area contributed by atoms with Crippen LogP contribution in [0.5, 0.6) is 0 Å². The fourth-order valence-corrected chi connectivity index (χ4v) is 2.99. The van der Waals surface area contributed by atoms with Crippen molar-refractivity contribution in [2.45, 2.75) is 0 Å². The summed E-state index contributed by atoms with van der Waals surface area (Å²) in [5.41, 5.74) is 0.627. The Kier molecular flexibility index (Phi) is 4.75. The Morgan fingerprint density at radius 3 is 2.68 bits per heavy atom. The minimum atomic E-state index is -0.492. The molecule has 0 unspecified atom stereocenters. The Labute approximate surface area is 148 Å². The summed E-state index contributed by atoms with van der Waals surface area (Å²) in [5, 5.41) is 14.4. The molecule has 1 aromatic heterocycles. The third-order valence-electron chi connectivity index (χ3n) is 4.00. The van der Waals surface area contributed by atoms with Crippen LogP contribution in [0.4, 0.5) is 22.1 Å². The molecule has 0 bridgehead atoms. The summed E-state index contributed by atoms with van der Waals surface area (Å²) in [7, 11) is 1.72. The monoisotopic (exact) mass is 364 g/mol. The van der Waals surface area contributed by atoms with Gasteiger partial charge in [0.2, 0.25) is 12.1 Å². The predicted octanol–water partition coefficient (Wildman–Crippen LogP) is 2.34. The van der Waals surface area contributed by atoms with Gasteiger partial charge in [-0.25, -0.2) is 4.79 Å². The molecule has 0 saturated carbocycles. The number of urea groups is 1. The topological polar surface area (TPSA) is 96.5 Å². The van der Waals surface area contributed by atoms with E-state index in [4.69, 9.17) is 11.6 Å². The molecule has 0 atom stereocenters. The van der Waals surface area contributed by atoms with E-state index < -0.39 is 4.92 Å². The fourth-order valence-electron chi connectivity index (χ4n) is 2.79. The van der Waals surface area contributed by atoms with Gasteiger partial charge in [0.1, 0.15) is 0 Å². The van der Waals surface area contributed by atoms with Gasteiger partial charge in [0.15, 0.2) is 0 Å². The lowest BCUT2D eigenvalue weighted by atomic mass is 10.3. The second-order valence-electron chi connectivity index (χ2n) is 5.67. The van der Waals surface area contributed by atoms with Crippen molar-refractivity contribution < 1.29 is 9.72 Å². The Bertz CT molecular complexity index is 800. The molecular formula is C15H17ClN6O3. The molecule has 2 amide bonds. The quantitative estimate of drug-likeness (QED) is 0.666. The van der Waals surface area contributed by atoms with Gasteiger partial charge in [-0.2, -0.15) is 0 Å². The zero-order valence-corrected chi connectivity index (χ0v) is 14.3. The van der Waals surface area contributed by atoms with Crippen LogP contribution in [0.25, 0.3) is 0 Å². The molecule has 1 aliphatic heterocycles. The summed E-state index contributed by atoms with van der Waals surface area (Å²) >= 11 is 5.91. The number of nitro groups is 1. The number of amides is 2. The highest BCUT2D eigenvalue weighted by Gasteiger charge is 2.29. The lowest BCUT2D eigenvalue weighted by molar-refractivity contribution is -0.388. The van der Waals surface area contributed by atoms with Gasteiger partial charge >= 0.3 is 11.8 Å². The van der Waals surface area contributed by atoms with Crippen LogP contribution in [0.2, 0.25) is 5.02 Å². The third kappa shape index (κ3) is 3.66. The van der Waals surface area contributed by atoms with Crippen LogP contribution >= 0.6 is 11.6 Å². The molecule has 1 saturated heterocycles. The molecule has 2 heterocycles. The van der Waals surface area contributed by atoms with Gasteiger partial charge in [0.25, 0.3) is 0 Å². The summed E-state index contributed by atoms with van der Waals surface area (Å²) in [4.78, 5) is 30.3. The lowest BCUT2D eigenvalue weighted by Gasteiger charge is -2.35. The Morgan fingerprint density at radius 2 is 2.04 bits per heavy atom. The van der Waals surface area contributed by atoms with Crippen molar-refractivity contribution in [3.05, 3.63) is 45.7 Å². The van der Waals surface area contributed by atoms with Crippen LogP contribution in [-0.4, -0.2) is 51.6 Å². The number of aromatic nitrogens is 2. The highest BCUT2D eigenvalue weighted by atomic mass is 35.5. The van der Waals surface area contributed by atoms with Gasteiger partial charge in [-0.3, -0.25) is 4.57 Å². The van der Waals surface area contributed by atoms with Crippen molar-refractivity contribution in [3.8, 4) is 0 Å². The molecule has 9 nitrogen and oxygen atoms in total. The molecule has 10 heteroatoms. The molecule has 1 aliphatic rings. The molecule has 132 valence electrons. The van der Waals surface area contributed by atoms with E-state index in [0.717, 1.165) is 0 Å². The molecule has 1 fully saturated rings. The van der Waals surface area contributed by atoms with Crippen LogP contribution in [0.1, 0.15) is 0 Å². The first-order valence-electron chi connectivity index (χ1n) is 7.68. The average Bonchev–Trinajstić information content (AvgIpc) is 2.97. The van der Waals surface area contributed by atoms with Gasteiger partial charge in [-0.15, -0.1) is 0 Å². The Morgan fingerprint density at radius 1 is 1.32 bits per heavy atom. The second kappa shape index (κ2) is 6.98. The van der Waals surface area contributed by atoms with Crippen molar-refractivity contribution in [2.75, 3.05) is 36.4 Å². The first kappa shape index (κ1) is 17.0. The molecular weight excluding hydrogens is 348 g/mol. The number of anilines is 2. The fraction of sp³-hybridized carbons (Fsp3) is 0.333. The normalized spacial score (nSPS) is 14.5. The van der Waals surface area contributed by atoms with E-state index >= 15 is 0 Å². The van der Waals surface area contributed by atoms with E-state index in [1.165, 1.54) is 6.33 Å². The van der Waals surface area contributed by atoms with E-state index in [1.54, 1.807) is 40.8 Å². The number of rotatable bonds is 3. The SMILES string of the molecule is Cn1cnc([N+](=O)[O-])c1N1CCN(C(=O)Nc2cccc(Cl)c2)CC1. The maximum Gasteiger partial charge on any atom is 0.406 e. The lowest BCUT2D eigenvalue weighted by Crippen LogP contribution is -2.50. The zero-order chi connectivity index (χ0) is 18.0. The van der Waals surface area contributed by atoms with Crippen molar-refractivity contribution >= 4 is 35.0 Å². The van der Waals surface area contributed by atoms with Crippen molar-refractivity contribution in [3.63, 3.8) is 0 Å². The molecule has 0 spiro atoms. The smallest absolute Gasteiger partial charge is 0.358 e. The summed E-state index contributed by atoms with van der Waals surface area (Å²) < 4.78 is 1.62. The largest absolute Gasteiger partial charge is 0.406 e. The van der Waals surface area contributed by atoms with Crippen LogP contribution in [0.15, 0.2) is 30.6 Å². The zero-order valence-electron chi connectivity index (χ0n) is 13.6. The standard InChI is InChI=1S/C15H17ClN6O3/c1-19-10-17-13(22(24)25)14(19)20-5-7-21(8-6-20)15(23)18-12-4-2-3-11(16)9-12/h2-4,9-10H,5-8H2,1H3,(H,18,23). The number of hydrogen-bond acceptors (Lipinski definition) is 5. The Balaban J connectivity index is 1.63. The number of carbonyl (C=O) groups excluding carboxylic acids is 1. The predicted molar refractivity (Wildman–Crippen MR) is 94.1 cm³/mol. The molecule has 0 aliphatic carbocycles. The van der Waals surface area contributed by atoms with E-state index in [9.17, 15) is 14.9 Å². The number of carbonyl (C=O) groups is 1. The average molecular weight is 365 g/mol. The van der Waals surface area contributed by atoms with Crippen molar-refractivity contribution in [1.82, 2.24) is 14.5 Å². The minimum Gasteiger partial charge on any atom is -0.358 e. The number of imidazole rings is 1. The van der Waals surface area contributed by atoms with E-state index in [2.05, 4.69) is 10.3 Å². The van der Waals surface area contributed by atoms with Crippen LogP contribution in [0.3, 0.4) is 0 Å². The van der Waals surface area contributed by atoms with Gasteiger partial charge < -0.3 is 25.2 Å². The number of piperazine rings is 1.